The van der Waals surface area contributed by atoms with E-state index < -0.39 is 15.6 Å². The number of carbonyl (C=O) groups is 2. The van der Waals surface area contributed by atoms with E-state index in [1.165, 1.54) is 4.31 Å². The van der Waals surface area contributed by atoms with Gasteiger partial charge in [0.05, 0.1) is 11.6 Å². The molecule has 0 bridgehead atoms. The van der Waals surface area contributed by atoms with E-state index in [1.807, 2.05) is 42.2 Å². The molecule has 8 nitrogen and oxygen atoms in total. The highest BCUT2D eigenvalue weighted by molar-refractivity contribution is 7.89. The lowest BCUT2D eigenvalue weighted by Gasteiger charge is -2.42. The Morgan fingerprint density at radius 1 is 0.889 bits per heavy atom. The summed E-state index contributed by atoms with van der Waals surface area (Å²) in [6.07, 6.45) is 3.90. The van der Waals surface area contributed by atoms with Gasteiger partial charge in [-0.1, -0.05) is 35.9 Å². The molecule has 36 heavy (non-hydrogen) atoms. The van der Waals surface area contributed by atoms with Gasteiger partial charge in [-0.3, -0.25) is 9.59 Å². The molecule has 0 aromatic heterocycles. The number of para-hydroxylation sites is 1. The van der Waals surface area contributed by atoms with E-state index in [-0.39, 0.29) is 36.3 Å². The lowest BCUT2D eigenvalue weighted by atomic mass is 9.86. The third-order valence-corrected chi connectivity index (χ3v) is 9.74. The molecule has 5 rings (SSSR count). The van der Waals surface area contributed by atoms with Crippen LogP contribution in [0, 0.1) is 6.92 Å². The molecule has 3 heterocycles. The minimum Gasteiger partial charge on any atom is -0.341 e. The molecule has 0 unspecified atom stereocenters. The molecular formula is C27H34N4O4S. The summed E-state index contributed by atoms with van der Waals surface area (Å²) in [7, 11) is -3.64. The van der Waals surface area contributed by atoms with Crippen LogP contribution in [0.15, 0.2) is 59.5 Å². The second-order valence-electron chi connectivity index (χ2n) is 10.1. The molecule has 3 saturated heterocycles. The van der Waals surface area contributed by atoms with Crippen LogP contribution < -0.4 is 4.90 Å². The molecule has 2 aromatic rings. The van der Waals surface area contributed by atoms with Crippen molar-refractivity contribution in [1.82, 2.24) is 14.1 Å². The Balaban J connectivity index is 1.37. The molecule has 3 aliphatic heterocycles. The summed E-state index contributed by atoms with van der Waals surface area (Å²) in [6.45, 7) is 4.31. The van der Waals surface area contributed by atoms with Crippen molar-refractivity contribution in [1.29, 1.82) is 0 Å². The van der Waals surface area contributed by atoms with Gasteiger partial charge in [-0.2, -0.15) is 4.31 Å². The highest BCUT2D eigenvalue weighted by atomic mass is 32.2. The summed E-state index contributed by atoms with van der Waals surface area (Å²) < 4.78 is 28.1. The number of rotatable bonds is 5. The van der Waals surface area contributed by atoms with Gasteiger partial charge in [0.1, 0.15) is 12.1 Å². The lowest BCUT2D eigenvalue weighted by Crippen LogP contribution is -2.57. The second kappa shape index (κ2) is 9.86. The number of anilines is 1. The largest absolute Gasteiger partial charge is 0.341 e. The maximum atomic E-state index is 13.9. The standard InChI is InChI=1S/C27H34N4O4S/c1-22-10-12-24(13-11-22)36(34,35)30-18-14-27(15-19-30)26(33)29(20-25(32)28-16-6-3-7-17-28)21-31(27)23-8-4-2-5-9-23/h2,4-5,8-13H,3,6-7,14-21H2,1H3. The fraction of sp³-hybridized carbons (Fsp3) is 0.481. The van der Waals surface area contributed by atoms with Crippen molar-refractivity contribution in [2.75, 3.05) is 44.3 Å². The highest BCUT2D eigenvalue weighted by Crippen LogP contribution is 2.40. The zero-order valence-corrected chi connectivity index (χ0v) is 21.6. The maximum Gasteiger partial charge on any atom is 0.250 e. The predicted octanol–water partition coefficient (Wildman–Crippen LogP) is 2.84. The Labute approximate surface area is 213 Å². The number of carbonyl (C=O) groups excluding carboxylic acids is 2. The van der Waals surface area contributed by atoms with Crippen molar-refractivity contribution >= 4 is 27.5 Å². The van der Waals surface area contributed by atoms with E-state index in [0.717, 1.165) is 43.6 Å². The minimum absolute atomic E-state index is 0.00695. The van der Waals surface area contributed by atoms with Crippen LogP contribution in [0.3, 0.4) is 0 Å². The first kappa shape index (κ1) is 24.8. The minimum atomic E-state index is -3.64. The molecule has 0 saturated carbocycles. The van der Waals surface area contributed by atoms with E-state index in [2.05, 4.69) is 4.90 Å². The fourth-order valence-corrected chi connectivity index (χ4v) is 7.13. The van der Waals surface area contributed by atoms with Crippen molar-refractivity contribution < 1.29 is 18.0 Å². The molecule has 1 spiro atoms. The maximum absolute atomic E-state index is 13.9. The van der Waals surface area contributed by atoms with Crippen molar-refractivity contribution in [2.24, 2.45) is 0 Å². The number of aryl methyl sites for hydroxylation is 1. The normalized spacial score (nSPS) is 20.8. The number of hydrogen-bond acceptors (Lipinski definition) is 5. The third kappa shape index (κ3) is 4.50. The monoisotopic (exact) mass is 510 g/mol. The molecule has 192 valence electrons. The number of sulfonamides is 1. The van der Waals surface area contributed by atoms with Crippen LogP contribution in [0.25, 0.3) is 0 Å². The molecule has 3 aliphatic rings. The van der Waals surface area contributed by atoms with Crippen molar-refractivity contribution in [3.05, 3.63) is 60.2 Å². The first-order valence-corrected chi connectivity index (χ1v) is 14.2. The average molecular weight is 511 g/mol. The van der Waals surface area contributed by atoms with Crippen LogP contribution in [0.4, 0.5) is 5.69 Å². The van der Waals surface area contributed by atoms with E-state index in [1.54, 1.807) is 29.2 Å². The number of nitrogens with zero attached hydrogens (tertiary/aromatic N) is 4. The second-order valence-corrected chi connectivity index (χ2v) is 12.0. The van der Waals surface area contributed by atoms with Crippen LogP contribution in [-0.4, -0.2) is 79.3 Å². The number of amides is 2. The van der Waals surface area contributed by atoms with Gasteiger partial charge in [0.25, 0.3) is 0 Å². The number of piperidine rings is 2. The molecule has 9 heteroatoms. The summed E-state index contributed by atoms with van der Waals surface area (Å²) in [5, 5.41) is 0. The summed E-state index contributed by atoms with van der Waals surface area (Å²) >= 11 is 0. The first-order valence-electron chi connectivity index (χ1n) is 12.8. The molecule has 3 fully saturated rings. The lowest BCUT2D eigenvalue weighted by molar-refractivity contribution is -0.141. The summed E-state index contributed by atoms with van der Waals surface area (Å²) in [6, 6.07) is 16.6. The van der Waals surface area contributed by atoms with Gasteiger partial charge in [0.15, 0.2) is 0 Å². The van der Waals surface area contributed by atoms with E-state index in [0.29, 0.717) is 19.5 Å². The number of hydrogen-bond donors (Lipinski definition) is 0. The van der Waals surface area contributed by atoms with Gasteiger partial charge < -0.3 is 14.7 Å². The smallest absolute Gasteiger partial charge is 0.250 e. The molecule has 0 N–H and O–H groups in total. The van der Waals surface area contributed by atoms with Crippen LogP contribution in [-0.2, 0) is 19.6 Å². The molecule has 0 atom stereocenters. The van der Waals surface area contributed by atoms with Crippen molar-refractivity contribution in [2.45, 2.75) is 49.5 Å². The molecule has 2 amide bonds. The first-order chi connectivity index (χ1) is 17.3. The van der Waals surface area contributed by atoms with Crippen molar-refractivity contribution in [3.8, 4) is 0 Å². The Kier molecular flexibility index (Phi) is 6.78. The molecule has 0 aliphatic carbocycles. The van der Waals surface area contributed by atoms with Gasteiger partial charge in [-0.15, -0.1) is 0 Å². The van der Waals surface area contributed by atoms with Crippen LogP contribution >= 0.6 is 0 Å². The van der Waals surface area contributed by atoms with Gasteiger partial charge in [-0.05, 0) is 63.3 Å². The molecular weight excluding hydrogens is 476 g/mol. The quantitative estimate of drug-likeness (QED) is 0.618. The van der Waals surface area contributed by atoms with E-state index in [9.17, 15) is 18.0 Å². The zero-order chi connectivity index (χ0) is 25.3. The van der Waals surface area contributed by atoms with E-state index in [4.69, 9.17) is 0 Å². The van der Waals surface area contributed by atoms with Crippen LogP contribution in [0.2, 0.25) is 0 Å². The molecule has 2 aromatic carbocycles. The average Bonchev–Trinajstić information content (AvgIpc) is 3.16. The summed E-state index contributed by atoms with van der Waals surface area (Å²) in [4.78, 5) is 32.8. The topological polar surface area (TPSA) is 81.2 Å². The van der Waals surface area contributed by atoms with Crippen molar-refractivity contribution in [3.63, 3.8) is 0 Å². The highest BCUT2D eigenvalue weighted by Gasteiger charge is 2.55. The Morgan fingerprint density at radius 2 is 1.53 bits per heavy atom. The third-order valence-electron chi connectivity index (χ3n) is 7.83. The van der Waals surface area contributed by atoms with Gasteiger partial charge in [0, 0.05) is 31.9 Å². The number of benzene rings is 2. The SMILES string of the molecule is Cc1ccc(S(=O)(=O)N2CCC3(CC2)C(=O)N(CC(=O)N2CCCCC2)CN3c2ccccc2)cc1. The fourth-order valence-electron chi connectivity index (χ4n) is 5.68. The zero-order valence-electron chi connectivity index (χ0n) is 20.8. The molecule has 0 radical (unpaired) electrons. The van der Waals surface area contributed by atoms with Gasteiger partial charge in [0.2, 0.25) is 21.8 Å². The Bertz CT molecular complexity index is 1200. The summed E-state index contributed by atoms with van der Waals surface area (Å²) in [5.41, 5.74) is 1.05. The van der Waals surface area contributed by atoms with E-state index >= 15 is 0 Å². The Hall–Kier alpha value is -2.91. The number of likely N-dealkylation sites (tertiary alicyclic amines) is 1. The predicted molar refractivity (Wildman–Crippen MR) is 138 cm³/mol. The van der Waals surface area contributed by atoms with Crippen LogP contribution in [0.5, 0.6) is 0 Å². The van der Waals surface area contributed by atoms with Crippen LogP contribution in [0.1, 0.15) is 37.7 Å². The Morgan fingerprint density at radius 3 is 2.17 bits per heavy atom. The van der Waals surface area contributed by atoms with Gasteiger partial charge in [-0.25, -0.2) is 8.42 Å². The summed E-state index contributed by atoms with van der Waals surface area (Å²) in [5.74, 6) is -0.0865. The van der Waals surface area contributed by atoms with Gasteiger partial charge >= 0.3 is 0 Å².